The number of hydrogen-bond acceptors (Lipinski definition) is 4. The van der Waals surface area contributed by atoms with Crippen molar-refractivity contribution >= 4 is 23.2 Å². The Morgan fingerprint density at radius 2 is 1.93 bits per heavy atom. The predicted octanol–water partition coefficient (Wildman–Crippen LogP) is 5.45. The van der Waals surface area contributed by atoms with Gasteiger partial charge in [-0.2, -0.15) is 0 Å². The van der Waals surface area contributed by atoms with Crippen LogP contribution in [0.3, 0.4) is 0 Å². The third-order valence-corrected chi connectivity index (χ3v) is 4.41. The Hall–Kier alpha value is -3.51. The van der Waals surface area contributed by atoms with E-state index in [-0.39, 0.29) is 11.1 Å². The van der Waals surface area contributed by atoms with Crippen LogP contribution in [0, 0.1) is 5.82 Å². The molecule has 0 unspecified atom stereocenters. The number of nitrogens with one attached hydrogen (secondary N) is 1. The molecule has 4 rings (SSSR count). The molecule has 28 heavy (non-hydrogen) atoms. The number of hydrogen-bond donors (Lipinski definition) is 1. The maximum Gasteiger partial charge on any atom is 0.255 e. The standard InChI is InChI=1S/C21H13ClFN3O2/c22-17-2-1-9-25-20(17)16-8-5-14(10-18(16)23)21(27)26-15-6-3-13(4-7-15)19-11-24-12-28-19/h1-12H,(H,26,27). The molecule has 1 amide bonds. The number of nitrogens with zero attached hydrogens (tertiary/aromatic N) is 2. The second-order valence-electron chi connectivity index (χ2n) is 5.93. The lowest BCUT2D eigenvalue weighted by molar-refractivity contribution is 0.102. The summed E-state index contributed by atoms with van der Waals surface area (Å²) in [6.45, 7) is 0. The zero-order valence-electron chi connectivity index (χ0n) is 14.4. The third-order valence-electron chi connectivity index (χ3n) is 4.10. The summed E-state index contributed by atoms with van der Waals surface area (Å²) in [7, 11) is 0. The fraction of sp³-hybridized carbons (Fsp3) is 0. The van der Waals surface area contributed by atoms with Crippen LogP contribution in [-0.4, -0.2) is 15.9 Å². The van der Waals surface area contributed by atoms with Crippen molar-refractivity contribution in [2.45, 2.75) is 0 Å². The van der Waals surface area contributed by atoms with Gasteiger partial charge in [0.05, 0.1) is 16.9 Å². The van der Waals surface area contributed by atoms with Crippen LogP contribution < -0.4 is 5.32 Å². The van der Waals surface area contributed by atoms with Gasteiger partial charge in [0.25, 0.3) is 5.91 Å². The molecule has 1 N–H and O–H groups in total. The van der Waals surface area contributed by atoms with Gasteiger partial charge in [-0.15, -0.1) is 0 Å². The maximum atomic E-state index is 14.5. The molecular formula is C21H13ClFN3O2. The number of carbonyl (C=O) groups excluding carboxylic acids is 1. The number of oxazole rings is 1. The first kappa shape index (κ1) is 17.9. The van der Waals surface area contributed by atoms with Gasteiger partial charge in [-0.3, -0.25) is 9.78 Å². The summed E-state index contributed by atoms with van der Waals surface area (Å²) >= 11 is 6.07. The zero-order valence-corrected chi connectivity index (χ0v) is 15.2. The van der Waals surface area contributed by atoms with E-state index in [0.29, 0.717) is 22.2 Å². The van der Waals surface area contributed by atoms with Gasteiger partial charge in [0, 0.05) is 28.6 Å². The number of carbonyl (C=O) groups is 1. The molecule has 0 bridgehead atoms. The molecule has 2 aromatic carbocycles. The molecule has 2 aromatic heterocycles. The largest absolute Gasteiger partial charge is 0.444 e. The van der Waals surface area contributed by atoms with Crippen molar-refractivity contribution in [3.8, 4) is 22.6 Å². The van der Waals surface area contributed by atoms with E-state index in [1.165, 1.54) is 30.8 Å². The Morgan fingerprint density at radius 3 is 2.61 bits per heavy atom. The molecule has 0 aliphatic heterocycles. The minimum Gasteiger partial charge on any atom is -0.444 e. The zero-order chi connectivity index (χ0) is 19.5. The van der Waals surface area contributed by atoms with Crippen molar-refractivity contribution in [1.29, 1.82) is 0 Å². The summed E-state index contributed by atoms with van der Waals surface area (Å²) in [6, 6.07) is 14.5. The van der Waals surface area contributed by atoms with E-state index in [1.807, 2.05) is 0 Å². The number of benzene rings is 2. The molecule has 138 valence electrons. The molecule has 0 aliphatic carbocycles. The lowest BCUT2D eigenvalue weighted by Gasteiger charge is -2.09. The fourth-order valence-electron chi connectivity index (χ4n) is 2.71. The van der Waals surface area contributed by atoms with Gasteiger partial charge in [0.1, 0.15) is 5.82 Å². The summed E-state index contributed by atoms with van der Waals surface area (Å²) < 4.78 is 19.8. The van der Waals surface area contributed by atoms with E-state index in [0.717, 1.165) is 5.56 Å². The first-order valence-electron chi connectivity index (χ1n) is 8.32. The van der Waals surface area contributed by atoms with Gasteiger partial charge in [0.15, 0.2) is 12.2 Å². The number of rotatable bonds is 4. The molecule has 0 atom stereocenters. The van der Waals surface area contributed by atoms with Crippen LogP contribution in [0.15, 0.2) is 77.8 Å². The Bertz CT molecular complexity index is 1130. The van der Waals surface area contributed by atoms with Crippen LogP contribution in [-0.2, 0) is 0 Å². The van der Waals surface area contributed by atoms with Crippen molar-refractivity contribution in [2.24, 2.45) is 0 Å². The van der Waals surface area contributed by atoms with Crippen LogP contribution in [0.25, 0.3) is 22.6 Å². The van der Waals surface area contributed by atoms with Gasteiger partial charge < -0.3 is 9.73 Å². The van der Waals surface area contributed by atoms with Gasteiger partial charge in [0.2, 0.25) is 0 Å². The van der Waals surface area contributed by atoms with E-state index >= 15 is 0 Å². The number of pyridine rings is 1. The fourth-order valence-corrected chi connectivity index (χ4v) is 2.94. The molecule has 5 nitrogen and oxygen atoms in total. The number of halogens is 2. The summed E-state index contributed by atoms with van der Waals surface area (Å²) in [5, 5.41) is 3.07. The van der Waals surface area contributed by atoms with E-state index in [1.54, 1.807) is 42.6 Å². The lowest BCUT2D eigenvalue weighted by Crippen LogP contribution is -2.12. The second-order valence-corrected chi connectivity index (χ2v) is 6.33. The van der Waals surface area contributed by atoms with Crippen LogP contribution in [0.4, 0.5) is 10.1 Å². The number of aromatic nitrogens is 2. The highest BCUT2D eigenvalue weighted by Crippen LogP contribution is 2.28. The minimum absolute atomic E-state index is 0.188. The molecule has 4 aromatic rings. The molecule has 0 spiro atoms. The highest BCUT2D eigenvalue weighted by atomic mass is 35.5. The van der Waals surface area contributed by atoms with Crippen LogP contribution >= 0.6 is 11.6 Å². The summed E-state index contributed by atoms with van der Waals surface area (Å²) in [5.41, 5.74) is 2.16. The van der Waals surface area contributed by atoms with E-state index in [4.69, 9.17) is 16.0 Å². The van der Waals surface area contributed by atoms with E-state index < -0.39 is 11.7 Å². The highest BCUT2D eigenvalue weighted by molar-refractivity contribution is 6.33. The average Bonchev–Trinajstić information content (AvgIpc) is 3.24. The first-order chi connectivity index (χ1) is 13.6. The van der Waals surface area contributed by atoms with E-state index in [2.05, 4.69) is 15.3 Å². The Kier molecular flexibility index (Phi) is 4.87. The Balaban J connectivity index is 1.52. The van der Waals surface area contributed by atoms with Crippen molar-refractivity contribution in [2.75, 3.05) is 5.32 Å². The van der Waals surface area contributed by atoms with Gasteiger partial charge >= 0.3 is 0 Å². The molecule has 0 radical (unpaired) electrons. The topological polar surface area (TPSA) is 68.0 Å². The minimum atomic E-state index is -0.575. The van der Waals surface area contributed by atoms with Crippen molar-refractivity contribution in [3.05, 3.63) is 89.8 Å². The smallest absolute Gasteiger partial charge is 0.255 e. The van der Waals surface area contributed by atoms with Crippen molar-refractivity contribution in [1.82, 2.24) is 9.97 Å². The Morgan fingerprint density at radius 1 is 1.11 bits per heavy atom. The summed E-state index contributed by atoms with van der Waals surface area (Å²) in [5.74, 6) is -0.373. The van der Waals surface area contributed by atoms with Gasteiger partial charge in [-0.1, -0.05) is 11.6 Å². The van der Waals surface area contributed by atoms with Gasteiger partial charge in [-0.25, -0.2) is 9.37 Å². The molecule has 7 heteroatoms. The molecular weight excluding hydrogens is 381 g/mol. The Labute approximate surface area is 164 Å². The van der Waals surface area contributed by atoms with Crippen LogP contribution in [0.2, 0.25) is 5.02 Å². The first-order valence-corrected chi connectivity index (χ1v) is 8.70. The van der Waals surface area contributed by atoms with Crippen molar-refractivity contribution in [3.63, 3.8) is 0 Å². The molecule has 0 aliphatic rings. The predicted molar refractivity (Wildman–Crippen MR) is 105 cm³/mol. The summed E-state index contributed by atoms with van der Waals surface area (Å²) in [4.78, 5) is 20.4. The van der Waals surface area contributed by atoms with E-state index in [9.17, 15) is 9.18 Å². The normalized spacial score (nSPS) is 10.6. The lowest BCUT2D eigenvalue weighted by atomic mass is 10.1. The third kappa shape index (κ3) is 3.63. The quantitative estimate of drug-likeness (QED) is 0.500. The monoisotopic (exact) mass is 393 g/mol. The van der Waals surface area contributed by atoms with Crippen LogP contribution in [0.5, 0.6) is 0 Å². The van der Waals surface area contributed by atoms with Gasteiger partial charge in [-0.05, 0) is 54.6 Å². The molecule has 0 fully saturated rings. The molecule has 0 saturated heterocycles. The molecule has 0 saturated carbocycles. The van der Waals surface area contributed by atoms with Crippen LogP contribution in [0.1, 0.15) is 10.4 Å². The van der Waals surface area contributed by atoms with Crippen molar-refractivity contribution < 1.29 is 13.6 Å². The number of amides is 1. The second kappa shape index (κ2) is 7.62. The SMILES string of the molecule is O=C(Nc1ccc(-c2cnco2)cc1)c1ccc(-c2ncccc2Cl)c(F)c1. The number of anilines is 1. The maximum absolute atomic E-state index is 14.5. The molecule has 2 heterocycles. The average molecular weight is 394 g/mol. The summed E-state index contributed by atoms with van der Waals surface area (Å²) in [6.07, 6.45) is 4.48. The highest BCUT2D eigenvalue weighted by Gasteiger charge is 2.14.